The van der Waals surface area contributed by atoms with E-state index in [2.05, 4.69) is 24.2 Å². The van der Waals surface area contributed by atoms with Gasteiger partial charge in [0.25, 0.3) is 0 Å². The normalized spacial score (nSPS) is 24.1. The van der Waals surface area contributed by atoms with Gasteiger partial charge in [0.15, 0.2) is 5.17 Å². The van der Waals surface area contributed by atoms with E-state index in [4.69, 9.17) is 4.74 Å². The van der Waals surface area contributed by atoms with E-state index >= 15 is 0 Å². The number of hydrogen-bond donors (Lipinski definition) is 1. The molecule has 1 fully saturated rings. The highest BCUT2D eigenvalue weighted by atomic mass is 32.2. The number of amidine groups is 1. The van der Waals surface area contributed by atoms with Crippen LogP contribution in [0.3, 0.4) is 0 Å². The first-order valence-corrected chi connectivity index (χ1v) is 6.62. The second-order valence-electron chi connectivity index (χ2n) is 4.09. The van der Waals surface area contributed by atoms with Crippen molar-refractivity contribution in [2.24, 2.45) is 4.99 Å². The van der Waals surface area contributed by atoms with Gasteiger partial charge in [-0.1, -0.05) is 25.6 Å². The molecule has 0 radical (unpaired) electrons. The summed E-state index contributed by atoms with van der Waals surface area (Å²) in [6.07, 6.45) is 2.53. The molecule has 0 amide bonds. The molecule has 0 bridgehead atoms. The van der Waals surface area contributed by atoms with E-state index in [0.29, 0.717) is 0 Å². The van der Waals surface area contributed by atoms with Crippen molar-refractivity contribution in [2.45, 2.75) is 45.3 Å². The summed E-state index contributed by atoms with van der Waals surface area (Å²) in [6, 6.07) is 0. The Morgan fingerprint density at radius 3 is 2.67 bits per heavy atom. The van der Waals surface area contributed by atoms with E-state index in [1.165, 1.54) is 0 Å². The Balaban J connectivity index is 2.48. The molecule has 1 rings (SSSR count). The van der Waals surface area contributed by atoms with E-state index in [1.54, 1.807) is 7.11 Å². The Labute approximate surface area is 97.1 Å². The molecule has 1 atom stereocenters. The van der Waals surface area contributed by atoms with Crippen LogP contribution >= 0.6 is 11.8 Å². The highest BCUT2D eigenvalue weighted by molar-refractivity contribution is 8.14. The quantitative estimate of drug-likeness (QED) is 0.786. The molecule has 0 aromatic heterocycles. The van der Waals surface area contributed by atoms with Crippen LogP contribution in [0, 0.1) is 0 Å². The van der Waals surface area contributed by atoms with E-state index in [9.17, 15) is 0 Å². The van der Waals surface area contributed by atoms with Crippen molar-refractivity contribution < 1.29 is 4.74 Å². The highest BCUT2D eigenvalue weighted by Gasteiger charge is 2.33. The smallest absolute Gasteiger partial charge is 0.157 e. The standard InChI is InChI=1S/C11H22N2OS/c1-5-11(6-2)8-15-10(13-11)12-7-9(3)14-4/h9H,5-8H2,1-4H3,(H,12,13). The molecular formula is C11H22N2OS. The van der Waals surface area contributed by atoms with E-state index < -0.39 is 0 Å². The minimum Gasteiger partial charge on any atom is -0.380 e. The minimum absolute atomic E-state index is 0.207. The largest absolute Gasteiger partial charge is 0.380 e. The molecule has 0 aliphatic carbocycles. The minimum atomic E-state index is 0.207. The fourth-order valence-electron chi connectivity index (χ4n) is 1.51. The van der Waals surface area contributed by atoms with Gasteiger partial charge in [0.1, 0.15) is 0 Å². The third-order valence-corrected chi connectivity index (χ3v) is 4.31. The number of nitrogens with zero attached hydrogens (tertiary/aromatic N) is 1. The predicted octanol–water partition coefficient (Wildman–Crippen LogP) is 2.27. The lowest BCUT2D eigenvalue weighted by atomic mass is 9.96. The topological polar surface area (TPSA) is 33.6 Å². The first kappa shape index (κ1) is 12.8. The molecular weight excluding hydrogens is 208 g/mol. The molecule has 1 aliphatic heterocycles. The summed E-state index contributed by atoms with van der Waals surface area (Å²) in [5, 5.41) is 4.63. The molecule has 0 saturated carbocycles. The maximum absolute atomic E-state index is 5.17. The summed E-state index contributed by atoms with van der Waals surface area (Å²) in [5.74, 6) is 1.14. The van der Waals surface area contributed by atoms with Crippen LogP contribution < -0.4 is 5.32 Å². The fraction of sp³-hybridized carbons (Fsp3) is 0.909. The third-order valence-electron chi connectivity index (χ3n) is 3.11. The molecule has 3 nitrogen and oxygen atoms in total. The number of thioether (sulfide) groups is 1. The van der Waals surface area contributed by atoms with Crippen molar-refractivity contribution in [3.8, 4) is 0 Å². The van der Waals surface area contributed by atoms with Crippen LogP contribution in [-0.2, 0) is 4.74 Å². The van der Waals surface area contributed by atoms with Gasteiger partial charge in [0.05, 0.1) is 12.6 Å². The van der Waals surface area contributed by atoms with E-state index in [-0.39, 0.29) is 11.6 Å². The lowest BCUT2D eigenvalue weighted by molar-refractivity contribution is 0.125. The summed E-state index contributed by atoms with van der Waals surface area (Å²) < 4.78 is 5.17. The molecule has 1 unspecified atom stereocenters. The zero-order valence-corrected chi connectivity index (χ0v) is 11.0. The zero-order valence-electron chi connectivity index (χ0n) is 10.2. The number of nitrogens with one attached hydrogen (secondary N) is 1. The number of hydrogen-bond acceptors (Lipinski definition) is 3. The van der Waals surface area contributed by atoms with Crippen molar-refractivity contribution in [1.29, 1.82) is 0 Å². The van der Waals surface area contributed by atoms with Crippen molar-refractivity contribution in [3.05, 3.63) is 0 Å². The molecule has 1 aliphatic rings. The first-order chi connectivity index (χ1) is 7.15. The molecule has 88 valence electrons. The lowest BCUT2D eigenvalue weighted by Crippen LogP contribution is -2.42. The second kappa shape index (κ2) is 5.75. The Morgan fingerprint density at radius 2 is 2.20 bits per heavy atom. The van der Waals surface area contributed by atoms with Gasteiger partial charge < -0.3 is 10.1 Å². The number of methoxy groups -OCH3 is 1. The number of rotatable bonds is 5. The summed E-state index contributed by atoms with van der Waals surface area (Å²) in [7, 11) is 1.72. The average Bonchev–Trinajstić information content (AvgIpc) is 2.70. The Kier molecular flexibility index (Phi) is 4.93. The van der Waals surface area contributed by atoms with Crippen LogP contribution in [-0.4, -0.2) is 36.2 Å². The molecule has 15 heavy (non-hydrogen) atoms. The highest BCUT2D eigenvalue weighted by Crippen LogP contribution is 2.28. The molecule has 0 spiro atoms. The second-order valence-corrected chi connectivity index (χ2v) is 5.06. The summed E-state index contributed by atoms with van der Waals surface area (Å²) >= 11 is 1.83. The first-order valence-electron chi connectivity index (χ1n) is 5.64. The summed E-state index contributed by atoms with van der Waals surface area (Å²) in [6.45, 7) is 7.25. The van der Waals surface area contributed by atoms with Crippen LogP contribution in [0.5, 0.6) is 0 Å². The number of ether oxygens (including phenoxy) is 1. The SMILES string of the molecule is CCC1(CC)CSC(=NCC(C)OC)N1. The van der Waals surface area contributed by atoms with Gasteiger partial charge in [-0.2, -0.15) is 0 Å². The molecule has 1 N–H and O–H groups in total. The summed E-state index contributed by atoms with van der Waals surface area (Å²) in [5.41, 5.74) is 0.278. The molecule has 0 aromatic rings. The van der Waals surface area contributed by atoms with E-state index in [1.807, 2.05) is 18.7 Å². The van der Waals surface area contributed by atoms with Gasteiger partial charge >= 0.3 is 0 Å². The maximum atomic E-state index is 5.17. The van der Waals surface area contributed by atoms with Crippen molar-refractivity contribution in [3.63, 3.8) is 0 Å². The summed E-state index contributed by atoms with van der Waals surface area (Å²) in [4.78, 5) is 4.53. The van der Waals surface area contributed by atoms with Crippen LogP contribution in [0.15, 0.2) is 4.99 Å². The van der Waals surface area contributed by atoms with Crippen LogP contribution in [0.2, 0.25) is 0 Å². The fourth-order valence-corrected chi connectivity index (χ4v) is 2.86. The van der Waals surface area contributed by atoms with Crippen molar-refractivity contribution >= 4 is 16.9 Å². The van der Waals surface area contributed by atoms with Gasteiger partial charge in [-0.3, -0.25) is 4.99 Å². The van der Waals surface area contributed by atoms with Crippen LogP contribution in [0.1, 0.15) is 33.6 Å². The monoisotopic (exact) mass is 230 g/mol. The zero-order chi connectivity index (χ0) is 11.3. The Hall–Kier alpha value is -0.220. The van der Waals surface area contributed by atoms with Gasteiger partial charge in [-0.25, -0.2) is 0 Å². The Morgan fingerprint density at radius 1 is 1.53 bits per heavy atom. The number of aliphatic imine (C=N–C) groups is 1. The average molecular weight is 230 g/mol. The van der Waals surface area contributed by atoms with Crippen molar-refractivity contribution in [2.75, 3.05) is 19.4 Å². The Bertz CT molecular complexity index is 227. The molecule has 4 heteroatoms. The third kappa shape index (κ3) is 3.38. The predicted molar refractivity (Wildman–Crippen MR) is 67.7 cm³/mol. The van der Waals surface area contributed by atoms with Gasteiger partial charge in [0.2, 0.25) is 0 Å². The van der Waals surface area contributed by atoms with Gasteiger partial charge in [-0.15, -0.1) is 0 Å². The maximum Gasteiger partial charge on any atom is 0.157 e. The van der Waals surface area contributed by atoms with Crippen LogP contribution in [0.25, 0.3) is 0 Å². The molecule has 1 heterocycles. The van der Waals surface area contributed by atoms with Gasteiger partial charge in [-0.05, 0) is 19.8 Å². The van der Waals surface area contributed by atoms with E-state index in [0.717, 1.165) is 30.3 Å². The van der Waals surface area contributed by atoms with Crippen molar-refractivity contribution in [1.82, 2.24) is 5.32 Å². The lowest BCUT2D eigenvalue weighted by Gasteiger charge is -2.25. The van der Waals surface area contributed by atoms with Crippen LogP contribution in [0.4, 0.5) is 0 Å². The molecule has 1 saturated heterocycles. The molecule has 0 aromatic carbocycles. The van der Waals surface area contributed by atoms with Gasteiger partial charge in [0, 0.05) is 18.4 Å².